The Kier molecular flexibility index (Phi) is 4.75. The van der Waals surface area contributed by atoms with Crippen molar-refractivity contribution in [2.75, 3.05) is 26.4 Å². The van der Waals surface area contributed by atoms with Gasteiger partial charge in [-0.15, -0.1) is 0 Å². The summed E-state index contributed by atoms with van der Waals surface area (Å²) in [6.45, 7) is 10.4. The zero-order chi connectivity index (χ0) is 13.0. The van der Waals surface area contributed by atoms with Gasteiger partial charge >= 0.3 is 0 Å². The Hall–Kier alpha value is -0.900. The Morgan fingerprint density at radius 1 is 1.17 bits per heavy atom. The Bertz CT molecular complexity index is 374. The summed E-state index contributed by atoms with van der Waals surface area (Å²) >= 11 is 0. The van der Waals surface area contributed by atoms with Gasteiger partial charge in [0.25, 0.3) is 0 Å². The molecule has 18 heavy (non-hydrogen) atoms. The van der Waals surface area contributed by atoms with Crippen LogP contribution in [0.15, 0.2) is 12.1 Å². The minimum Gasteiger partial charge on any atom is -0.376 e. The van der Waals surface area contributed by atoms with Crippen LogP contribution in [0.4, 0.5) is 0 Å². The third kappa shape index (κ3) is 3.55. The fraction of sp³-hybridized carbons (Fsp3) is 0.600. The molecular formula is C15H23NO2. The molecule has 0 aromatic heterocycles. The summed E-state index contributed by atoms with van der Waals surface area (Å²) < 4.78 is 11.0. The predicted molar refractivity (Wildman–Crippen MR) is 72.9 cm³/mol. The van der Waals surface area contributed by atoms with E-state index in [1.165, 1.54) is 22.3 Å². The molecule has 0 amide bonds. The highest BCUT2D eigenvalue weighted by Crippen LogP contribution is 2.16. The maximum atomic E-state index is 5.61. The first-order chi connectivity index (χ1) is 8.66. The van der Waals surface area contributed by atoms with Crippen LogP contribution in [0.3, 0.4) is 0 Å². The van der Waals surface area contributed by atoms with E-state index in [2.05, 4.69) is 38.2 Å². The Morgan fingerprint density at radius 3 is 2.50 bits per heavy atom. The van der Waals surface area contributed by atoms with Gasteiger partial charge in [-0.1, -0.05) is 17.7 Å². The monoisotopic (exact) mass is 249 g/mol. The summed E-state index contributed by atoms with van der Waals surface area (Å²) in [6, 6.07) is 4.48. The first-order valence-electron chi connectivity index (χ1n) is 6.63. The summed E-state index contributed by atoms with van der Waals surface area (Å²) in [7, 11) is 0. The van der Waals surface area contributed by atoms with E-state index >= 15 is 0 Å². The van der Waals surface area contributed by atoms with Crippen LogP contribution in [0.1, 0.15) is 22.3 Å². The number of hydrogen-bond acceptors (Lipinski definition) is 3. The predicted octanol–water partition coefficient (Wildman–Crippen LogP) is 2.12. The van der Waals surface area contributed by atoms with Crippen LogP contribution in [-0.2, 0) is 16.0 Å². The van der Waals surface area contributed by atoms with Crippen LogP contribution >= 0.6 is 0 Å². The number of benzene rings is 1. The molecule has 3 heteroatoms. The second kappa shape index (κ2) is 6.32. The van der Waals surface area contributed by atoms with Crippen molar-refractivity contribution in [3.8, 4) is 0 Å². The molecule has 1 N–H and O–H groups in total. The lowest BCUT2D eigenvalue weighted by molar-refractivity contribution is -0.0864. The quantitative estimate of drug-likeness (QED) is 0.886. The highest BCUT2D eigenvalue weighted by atomic mass is 16.6. The Morgan fingerprint density at radius 2 is 1.89 bits per heavy atom. The highest BCUT2D eigenvalue weighted by Gasteiger charge is 2.13. The molecule has 1 aliphatic rings. The molecule has 1 atom stereocenters. The largest absolute Gasteiger partial charge is 0.376 e. The molecule has 3 nitrogen and oxygen atoms in total. The van der Waals surface area contributed by atoms with Crippen LogP contribution < -0.4 is 5.32 Å². The number of nitrogens with one attached hydrogen (secondary N) is 1. The van der Waals surface area contributed by atoms with Crippen LogP contribution in [0.5, 0.6) is 0 Å². The van der Waals surface area contributed by atoms with E-state index in [-0.39, 0.29) is 6.10 Å². The maximum Gasteiger partial charge on any atom is 0.0933 e. The number of hydrogen-bond donors (Lipinski definition) is 1. The fourth-order valence-corrected chi connectivity index (χ4v) is 2.50. The Labute approximate surface area is 109 Å². The van der Waals surface area contributed by atoms with E-state index in [0.29, 0.717) is 6.61 Å². The van der Waals surface area contributed by atoms with Gasteiger partial charge in [0.2, 0.25) is 0 Å². The van der Waals surface area contributed by atoms with Crippen molar-refractivity contribution in [1.82, 2.24) is 5.32 Å². The van der Waals surface area contributed by atoms with Gasteiger partial charge in [-0.05, 0) is 37.5 Å². The van der Waals surface area contributed by atoms with Crippen molar-refractivity contribution in [1.29, 1.82) is 0 Å². The van der Waals surface area contributed by atoms with Crippen LogP contribution in [0.25, 0.3) is 0 Å². The molecule has 1 heterocycles. The molecule has 2 rings (SSSR count). The minimum absolute atomic E-state index is 0.199. The summed E-state index contributed by atoms with van der Waals surface area (Å²) in [5.41, 5.74) is 5.46. The van der Waals surface area contributed by atoms with Crippen molar-refractivity contribution in [2.24, 2.45) is 0 Å². The molecule has 0 saturated carbocycles. The average molecular weight is 249 g/mol. The van der Waals surface area contributed by atoms with Gasteiger partial charge < -0.3 is 14.8 Å². The average Bonchev–Trinajstić information content (AvgIpc) is 2.34. The molecule has 1 aromatic carbocycles. The molecular weight excluding hydrogens is 226 g/mol. The molecule has 1 aromatic rings. The molecule has 0 aliphatic carbocycles. The van der Waals surface area contributed by atoms with Crippen LogP contribution in [0, 0.1) is 20.8 Å². The fourth-order valence-electron chi connectivity index (χ4n) is 2.50. The van der Waals surface area contributed by atoms with Crippen LogP contribution in [0.2, 0.25) is 0 Å². The lowest BCUT2D eigenvalue weighted by atomic mass is 10.00. The lowest BCUT2D eigenvalue weighted by Gasteiger charge is -2.23. The van der Waals surface area contributed by atoms with E-state index in [9.17, 15) is 0 Å². The van der Waals surface area contributed by atoms with Gasteiger partial charge in [-0.25, -0.2) is 0 Å². The van der Waals surface area contributed by atoms with Gasteiger partial charge in [-0.3, -0.25) is 0 Å². The van der Waals surface area contributed by atoms with Gasteiger partial charge in [0, 0.05) is 13.1 Å². The molecule has 1 aliphatic heterocycles. The minimum atomic E-state index is 0.199. The molecule has 0 radical (unpaired) electrons. The van der Waals surface area contributed by atoms with Gasteiger partial charge in [0.05, 0.1) is 25.9 Å². The third-order valence-corrected chi connectivity index (χ3v) is 3.40. The van der Waals surface area contributed by atoms with Crippen LogP contribution in [-0.4, -0.2) is 32.5 Å². The molecule has 1 fully saturated rings. The second-order valence-corrected chi connectivity index (χ2v) is 5.08. The normalized spacial score (nSPS) is 20.1. The van der Waals surface area contributed by atoms with E-state index in [1.54, 1.807) is 0 Å². The molecule has 0 bridgehead atoms. The number of ether oxygens (including phenoxy) is 2. The van der Waals surface area contributed by atoms with E-state index < -0.39 is 0 Å². The number of rotatable bonds is 4. The first-order valence-corrected chi connectivity index (χ1v) is 6.63. The topological polar surface area (TPSA) is 30.5 Å². The standard InChI is InChI=1S/C15H23NO2/c1-11-6-12(2)15(13(3)7-11)9-16-8-14-10-17-4-5-18-14/h6-7,14,16H,4-5,8-10H2,1-3H3. The maximum absolute atomic E-state index is 5.61. The number of aryl methyl sites for hydroxylation is 3. The van der Waals surface area contributed by atoms with E-state index in [4.69, 9.17) is 9.47 Å². The Balaban J connectivity index is 1.86. The zero-order valence-corrected chi connectivity index (χ0v) is 11.6. The molecule has 0 spiro atoms. The summed E-state index contributed by atoms with van der Waals surface area (Å²) in [4.78, 5) is 0. The van der Waals surface area contributed by atoms with E-state index in [1.807, 2.05) is 0 Å². The summed E-state index contributed by atoms with van der Waals surface area (Å²) in [6.07, 6.45) is 0.199. The van der Waals surface area contributed by atoms with Crippen molar-refractivity contribution in [3.63, 3.8) is 0 Å². The third-order valence-electron chi connectivity index (χ3n) is 3.40. The summed E-state index contributed by atoms with van der Waals surface area (Å²) in [5, 5.41) is 3.47. The molecule has 1 saturated heterocycles. The van der Waals surface area contributed by atoms with Gasteiger partial charge in [0.15, 0.2) is 0 Å². The zero-order valence-electron chi connectivity index (χ0n) is 11.6. The smallest absolute Gasteiger partial charge is 0.0933 e. The van der Waals surface area contributed by atoms with Gasteiger partial charge in [-0.2, -0.15) is 0 Å². The van der Waals surface area contributed by atoms with Crippen molar-refractivity contribution in [3.05, 3.63) is 34.4 Å². The van der Waals surface area contributed by atoms with Crippen molar-refractivity contribution < 1.29 is 9.47 Å². The van der Waals surface area contributed by atoms with Gasteiger partial charge in [0.1, 0.15) is 0 Å². The molecule has 100 valence electrons. The summed E-state index contributed by atoms with van der Waals surface area (Å²) in [5.74, 6) is 0. The molecule has 1 unspecified atom stereocenters. The second-order valence-electron chi connectivity index (χ2n) is 5.08. The SMILES string of the molecule is Cc1cc(C)c(CNCC2COCCO2)c(C)c1. The first kappa shape index (κ1) is 13.5. The highest BCUT2D eigenvalue weighted by molar-refractivity contribution is 5.37. The van der Waals surface area contributed by atoms with Crippen molar-refractivity contribution in [2.45, 2.75) is 33.4 Å². The lowest BCUT2D eigenvalue weighted by Crippen LogP contribution is -2.37. The van der Waals surface area contributed by atoms with Crippen molar-refractivity contribution >= 4 is 0 Å². The van der Waals surface area contributed by atoms with E-state index in [0.717, 1.165) is 26.3 Å².